The number of rotatable bonds is 5. The van der Waals surface area contributed by atoms with Crippen molar-refractivity contribution in [3.8, 4) is 5.75 Å². The molecule has 0 bridgehead atoms. The van der Waals surface area contributed by atoms with Crippen molar-refractivity contribution in [1.82, 2.24) is 0 Å². The van der Waals surface area contributed by atoms with Crippen molar-refractivity contribution >= 4 is 70.3 Å². The molecule has 9 heteroatoms. The second-order valence-corrected chi connectivity index (χ2v) is 9.52. The van der Waals surface area contributed by atoms with Crippen molar-refractivity contribution in [1.29, 1.82) is 0 Å². The van der Waals surface area contributed by atoms with Gasteiger partial charge in [0.15, 0.2) is 0 Å². The van der Waals surface area contributed by atoms with E-state index in [1.807, 2.05) is 22.6 Å². The quantitative estimate of drug-likeness (QED) is 0.527. The van der Waals surface area contributed by atoms with Crippen LogP contribution in [-0.2, 0) is 21.1 Å². The number of hydrogen-bond acceptors (Lipinski definition) is 4. The Morgan fingerprint density at radius 2 is 1.79 bits per heavy atom. The van der Waals surface area contributed by atoms with Gasteiger partial charge in [-0.05, 0) is 90.3 Å². The highest BCUT2D eigenvalue weighted by Crippen LogP contribution is 2.36. The number of halogens is 3. The summed E-state index contributed by atoms with van der Waals surface area (Å²) in [6.45, 7) is 0. The maximum Gasteiger partial charge on any atom is 0.307 e. The Balaban J connectivity index is 2.57. The summed E-state index contributed by atoms with van der Waals surface area (Å²) in [4.78, 5) is 11.0. The molecule has 0 amide bonds. The Hall–Kier alpha value is -0.650. The van der Waals surface area contributed by atoms with E-state index >= 15 is 0 Å². The first-order chi connectivity index (χ1) is 11.2. The minimum atomic E-state index is -3.79. The Kier molecular flexibility index (Phi) is 6.32. The number of carboxylic acids is 1. The minimum Gasteiger partial charge on any atom is -0.496 e. The van der Waals surface area contributed by atoms with E-state index in [-0.39, 0.29) is 16.2 Å². The van der Waals surface area contributed by atoms with Gasteiger partial charge in [-0.2, -0.15) is 0 Å². The van der Waals surface area contributed by atoms with Gasteiger partial charge < -0.3 is 9.84 Å². The summed E-state index contributed by atoms with van der Waals surface area (Å²) < 4.78 is 32.3. The smallest absolute Gasteiger partial charge is 0.307 e. The highest BCUT2D eigenvalue weighted by Gasteiger charge is 2.25. The number of methoxy groups -OCH3 is 1. The molecular formula is C15H11Br2IO5S. The van der Waals surface area contributed by atoms with Crippen LogP contribution in [0.2, 0.25) is 0 Å². The zero-order chi connectivity index (χ0) is 18.1. The fourth-order valence-electron chi connectivity index (χ4n) is 2.08. The SMILES string of the molecule is COc1ccc(S(=O)(=O)c2c(Br)cc(CC(=O)O)cc2Br)cc1I. The number of carbonyl (C=O) groups is 1. The predicted octanol–water partition coefficient (Wildman–Crippen LogP) is 4.28. The monoisotopic (exact) mass is 588 g/mol. The first-order valence-corrected chi connectivity index (χ1v) is 10.6. The van der Waals surface area contributed by atoms with Gasteiger partial charge in [-0.1, -0.05) is 0 Å². The van der Waals surface area contributed by atoms with E-state index < -0.39 is 15.8 Å². The molecular weight excluding hydrogens is 579 g/mol. The first-order valence-electron chi connectivity index (χ1n) is 6.45. The molecule has 2 aromatic carbocycles. The highest BCUT2D eigenvalue weighted by molar-refractivity contribution is 14.1. The molecule has 0 aliphatic carbocycles. The van der Waals surface area contributed by atoms with E-state index in [2.05, 4.69) is 31.9 Å². The molecule has 0 heterocycles. The largest absolute Gasteiger partial charge is 0.496 e. The molecule has 2 rings (SSSR count). The standard InChI is InChI=1S/C15H11Br2IO5S/c1-23-13-3-2-9(7-12(13)18)24(21,22)15-10(16)4-8(5-11(15)17)6-14(19)20/h2-5,7H,6H2,1H3,(H,19,20). The molecule has 0 unspecified atom stereocenters. The van der Waals surface area contributed by atoms with Crippen LogP contribution in [-0.4, -0.2) is 26.6 Å². The van der Waals surface area contributed by atoms with Crippen LogP contribution in [0.25, 0.3) is 0 Å². The van der Waals surface area contributed by atoms with E-state index in [1.165, 1.54) is 31.4 Å². The van der Waals surface area contributed by atoms with Crippen LogP contribution in [0.15, 0.2) is 49.1 Å². The van der Waals surface area contributed by atoms with Gasteiger partial charge in [0.2, 0.25) is 9.84 Å². The summed E-state index contributed by atoms with van der Waals surface area (Å²) in [6, 6.07) is 7.59. The third-order valence-corrected chi connectivity index (χ3v) is 7.59. The minimum absolute atomic E-state index is 0.0533. The summed E-state index contributed by atoms with van der Waals surface area (Å²) in [6.07, 6.45) is -0.196. The maximum absolute atomic E-state index is 12.9. The van der Waals surface area contributed by atoms with Crippen LogP contribution in [0.5, 0.6) is 5.75 Å². The van der Waals surface area contributed by atoms with Gasteiger partial charge in [-0.25, -0.2) is 8.42 Å². The van der Waals surface area contributed by atoms with Crippen molar-refractivity contribution in [3.05, 3.63) is 48.4 Å². The molecule has 0 aliphatic heterocycles. The van der Waals surface area contributed by atoms with E-state index in [1.54, 1.807) is 6.07 Å². The van der Waals surface area contributed by atoms with E-state index in [0.29, 0.717) is 23.8 Å². The van der Waals surface area contributed by atoms with Gasteiger partial charge in [0.05, 0.1) is 22.0 Å². The number of carboxylic acid groups (broad SMARTS) is 1. The Morgan fingerprint density at radius 1 is 1.21 bits per heavy atom. The molecule has 1 N–H and O–H groups in total. The van der Waals surface area contributed by atoms with Crippen LogP contribution in [0.4, 0.5) is 0 Å². The molecule has 0 aliphatic rings. The van der Waals surface area contributed by atoms with Crippen molar-refractivity contribution in [2.75, 3.05) is 7.11 Å². The predicted molar refractivity (Wildman–Crippen MR) is 104 cm³/mol. The number of benzene rings is 2. The zero-order valence-corrected chi connectivity index (χ0v) is 18.4. The molecule has 5 nitrogen and oxygen atoms in total. The van der Waals surface area contributed by atoms with Crippen molar-refractivity contribution in [3.63, 3.8) is 0 Å². The lowest BCUT2D eigenvalue weighted by molar-refractivity contribution is -0.136. The average molecular weight is 590 g/mol. The fourth-order valence-corrected chi connectivity index (χ4v) is 6.97. The zero-order valence-electron chi connectivity index (χ0n) is 12.2. The summed E-state index contributed by atoms with van der Waals surface area (Å²) in [5.41, 5.74) is 0.490. The molecule has 0 aromatic heterocycles. The van der Waals surface area contributed by atoms with Gasteiger partial charge >= 0.3 is 5.97 Å². The second kappa shape index (κ2) is 7.71. The molecule has 0 radical (unpaired) electrons. The summed E-state index contributed by atoms with van der Waals surface area (Å²) >= 11 is 8.48. The number of hydrogen-bond donors (Lipinski definition) is 1. The molecule has 0 saturated carbocycles. The molecule has 0 saturated heterocycles. The average Bonchev–Trinajstić information content (AvgIpc) is 2.45. The molecule has 0 fully saturated rings. The first kappa shape index (κ1) is 19.7. The highest BCUT2D eigenvalue weighted by atomic mass is 127. The molecule has 2 aromatic rings. The Bertz CT molecular complexity index is 889. The number of ether oxygens (including phenoxy) is 1. The van der Waals surface area contributed by atoms with Gasteiger partial charge in [-0.15, -0.1) is 0 Å². The van der Waals surface area contributed by atoms with E-state index in [9.17, 15) is 13.2 Å². The van der Waals surface area contributed by atoms with Crippen LogP contribution in [0, 0.1) is 3.57 Å². The van der Waals surface area contributed by atoms with Crippen LogP contribution in [0.3, 0.4) is 0 Å². The fraction of sp³-hybridized carbons (Fsp3) is 0.133. The lowest BCUT2D eigenvalue weighted by Crippen LogP contribution is -2.07. The molecule has 0 spiro atoms. The van der Waals surface area contributed by atoms with E-state index in [0.717, 1.165) is 0 Å². The van der Waals surface area contributed by atoms with E-state index in [4.69, 9.17) is 9.84 Å². The lowest BCUT2D eigenvalue weighted by atomic mass is 10.1. The van der Waals surface area contributed by atoms with Crippen LogP contribution in [0.1, 0.15) is 5.56 Å². The Morgan fingerprint density at radius 3 is 2.25 bits per heavy atom. The molecule has 0 atom stereocenters. The summed E-state index contributed by atoms with van der Waals surface area (Å²) in [5.74, 6) is -0.404. The van der Waals surface area contributed by atoms with Gasteiger partial charge in [0.1, 0.15) is 10.6 Å². The van der Waals surface area contributed by atoms with Crippen molar-refractivity contribution in [2.45, 2.75) is 16.2 Å². The van der Waals surface area contributed by atoms with Gasteiger partial charge in [-0.3, -0.25) is 4.79 Å². The lowest BCUT2D eigenvalue weighted by Gasteiger charge is -2.12. The van der Waals surface area contributed by atoms with Gasteiger partial charge in [0.25, 0.3) is 0 Å². The molecule has 24 heavy (non-hydrogen) atoms. The molecule has 128 valence electrons. The van der Waals surface area contributed by atoms with Crippen LogP contribution >= 0.6 is 54.5 Å². The van der Waals surface area contributed by atoms with Crippen molar-refractivity contribution in [2.24, 2.45) is 0 Å². The number of sulfone groups is 1. The third-order valence-electron chi connectivity index (χ3n) is 3.12. The normalized spacial score (nSPS) is 11.3. The second-order valence-electron chi connectivity index (χ2n) is 4.76. The summed E-state index contributed by atoms with van der Waals surface area (Å²) in [5, 5.41) is 8.87. The van der Waals surface area contributed by atoms with Gasteiger partial charge in [0, 0.05) is 8.95 Å². The van der Waals surface area contributed by atoms with Crippen molar-refractivity contribution < 1.29 is 23.1 Å². The maximum atomic E-state index is 12.9. The third kappa shape index (κ3) is 4.12. The summed E-state index contributed by atoms with van der Waals surface area (Å²) in [7, 11) is -2.28. The number of aliphatic carboxylic acids is 1. The van der Waals surface area contributed by atoms with Crippen LogP contribution < -0.4 is 4.74 Å². The Labute approximate surface area is 169 Å². The topological polar surface area (TPSA) is 80.7 Å².